The molecule has 0 radical (unpaired) electrons. The van der Waals surface area contributed by atoms with Crippen molar-refractivity contribution < 1.29 is 19.4 Å². The Bertz CT molecular complexity index is 474. The molecule has 0 saturated carbocycles. The fourth-order valence-corrected chi connectivity index (χ4v) is 2.55. The second-order valence-electron chi connectivity index (χ2n) is 5.34. The van der Waals surface area contributed by atoms with E-state index in [2.05, 4.69) is 0 Å². The molecule has 1 atom stereocenters. The Hall–Kier alpha value is -2.04. The molecule has 1 aliphatic heterocycles. The van der Waals surface area contributed by atoms with Crippen LogP contribution in [0, 0.1) is 5.92 Å². The fourth-order valence-electron chi connectivity index (χ4n) is 2.55. The van der Waals surface area contributed by atoms with Crippen molar-refractivity contribution >= 4 is 11.9 Å². The molecule has 1 aromatic rings. The Kier molecular flexibility index (Phi) is 5.60. The molecule has 1 heterocycles. The van der Waals surface area contributed by atoms with Crippen molar-refractivity contribution in [2.45, 2.75) is 25.7 Å². The second-order valence-corrected chi connectivity index (χ2v) is 5.34. The van der Waals surface area contributed by atoms with Gasteiger partial charge in [-0.3, -0.25) is 9.59 Å². The summed E-state index contributed by atoms with van der Waals surface area (Å²) < 4.78 is 5.52. The van der Waals surface area contributed by atoms with Gasteiger partial charge in [-0.1, -0.05) is 18.2 Å². The van der Waals surface area contributed by atoms with Crippen molar-refractivity contribution in [2.24, 2.45) is 5.92 Å². The topological polar surface area (TPSA) is 66.8 Å². The van der Waals surface area contributed by atoms with Crippen LogP contribution in [-0.2, 0) is 9.59 Å². The van der Waals surface area contributed by atoms with E-state index in [1.165, 1.54) is 0 Å². The maximum atomic E-state index is 12.0. The van der Waals surface area contributed by atoms with Gasteiger partial charge in [0.25, 0.3) is 0 Å². The van der Waals surface area contributed by atoms with Crippen LogP contribution in [0.5, 0.6) is 5.75 Å². The lowest BCUT2D eigenvalue weighted by molar-refractivity contribution is -0.137. The smallest absolute Gasteiger partial charge is 0.303 e. The van der Waals surface area contributed by atoms with E-state index < -0.39 is 5.97 Å². The van der Waals surface area contributed by atoms with E-state index in [1.54, 1.807) is 0 Å². The summed E-state index contributed by atoms with van der Waals surface area (Å²) in [7, 11) is 0. The number of para-hydroxylation sites is 1. The molecule has 0 spiro atoms. The molecule has 0 aliphatic carbocycles. The molecule has 1 saturated heterocycles. The molecule has 1 amide bonds. The number of ether oxygens (including phenoxy) is 1. The first-order chi connectivity index (χ1) is 10.1. The highest BCUT2D eigenvalue weighted by Crippen LogP contribution is 2.21. The predicted molar refractivity (Wildman–Crippen MR) is 78.1 cm³/mol. The summed E-state index contributed by atoms with van der Waals surface area (Å²) in [5.74, 6) is 0.408. The van der Waals surface area contributed by atoms with Crippen molar-refractivity contribution in [3.8, 4) is 5.75 Å². The summed E-state index contributed by atoms with van der Waals surface area (Å²) in [6.07, 6.45) is 2.10. The molecule has 1 aliphatic rings. The van der Waals surface area contributed by atoms with Crippen LogP contribution in [0.4, 0.5) is 0 Å². The quantitative estimate of drug-likeness (QED) is 0.836. The normalized spacial score (nSPS) is 17.7. The molecular weight excluding hydrogens is 270 g/mol. The Morgan fingerprint density at radius 3 is 2.71 bits per heavy atom. The second kappa shape index (κ2) is 7.67. The number of rotatable bonds is 7. The number of carboxylic acids is 1. The van der Waals surface area contributed by atoms with E-state index in [0.29, 0.717) is 31.9 Å². The zero-order chi connectivity index (χ0) is 15.1. The van der Waals surface area contributed by atoms with E-state index in [9.17, 15) is 9.59 Å². The minimum Gasteiger partial charge on any atom is -0.493 e. The van der Waals surface area contributed by atoms with Crippen LogP contribution in [0.25, 0.3) is 0 Å². The van der Waals surface area contributed by atoms with E-state index in [-0.39, 0.29) is 12.3 Å². The average Bonchev–Trinajstić information content (AvgIpc) is 2.95. The maximum Gasteiger partial charge on any atom is 0.303 e. The molecule has 0 aromatic heterocycles. The lowest BCUT2D eigenvalue weighted by Crippen LogP contribution is -2.29. The number of aliphatic carboxylic acids is 1. The number of amides is 1. The molecule has 114 valence electrons. The molecule has 5 nitrogen and oxygen atoms in total. The highest BCUT2D eigenvalue weighted by molar-refractivity contribution is 5.76. The lowest BCUT2D eigenvalue weighted by Gasteiger charge is -2.16. The highest BCUT2D eigenvalue weighted by atomic mass is 16.5. The van der Waals surface area contributed by atoms with E-state index in [0.717, 1.165) is 18.7 Å². The van der Waals surface area contributed by atoms with E-state index in [4.69, 9.17) is 9.84 Å². The monoisotopic (exact) mass is 291 g/mol. The van der Waals surface area contributed by atoms with Gasteiger partial charge in [0, 0.05) is 19.5 Å². The van der Waals surface area contributed by atoms with Crippen LogP contribution in [-0.4, -0.2) is 41.6 Å². The van der Waals surface area contributed by atoms with Crippen LogP contribution in [0.15, 0.2) is 30.3 Å². The first-order valence-corrected chi connectivity index (χ1v) is 7.32. The number of carbonyl (C=O) groups is 2. The minimum atomic E-state index is -0.768. The van der Waals surface area contributed by atoms with Crippen molar-refractivity contribution in [2.75, 3.05) is 19.7 Å². The van der Waals surface area contributed by atoms with E-state index >= 15 is 0 Å². The van der Waals surface area contributed by atoms with Gasteiger partial charge in [-0.2, -0.15) is 0 Å². The molecule has 0 bridgehead atoms. The third-order valence-corrected chi connectivity index (χ3v) is 3.73. The summed E-state index contributed by atoms with van der Waals surface area (Å²) in [5.41, 5.74) is 0. The first-order valence-electron chi connectivity index (χ1n) is 7.32. The third-order valence-electron chi connectivity index (χ3n) is 3.73. The van der Waals surface area contributed by atoms with Crippen molar-refractivity contribution in [1.29, 1.82) is 0 Å². The maximum absolute atomic E-state index is 12.0. The largest absolute Gasteiger partial charge is 0.493 e. The third kappa shape index (κ3) is 5.10. The number of hydrogen-bond donors (Lipinski definition) is 1. The van der Waals surface area contributed by atoms with Gasteiger partial charge in [0.1, 0.15) is 5.75 Å². The lowest BCUT2D eigenvalue weighted by atomic mass is 10.0. The first kappa shape index (κ1) is 15.4. The average molecular weight is 291 g/mol. The van der Waals surface area contributed by atoms with Gasteiger partial charge >= 0.3 is 5.97 Å². The van der Waals surface area contributed by atoms with Crippen molar-refractivity contribution in [3.63, 3.8) is 0 Å². The van der Waals surface area contributed by atoms with Gasteiger partial charge in [0.15, 0.2) is 0 Å². The zero-order valence-electron chi connectivity index (χ0n) is 12.0. The SMILES string of the molecule is O=C(O)CCC1CCN(C(=O)CCOc2ccccc2)C1. The Morgan fingerprint density at radius 1 is 1.24 bits per heavy atom. The Labute approximate surface area is 124 Å². The van der Waals surface area contributed by atoms with E-state index in [1.807, 2.05) is 35.2 Å². The minimum absolute atomic E-state index is 0.0868. The van der Waals surface area contributed by atoms with Gasteiger partial charge in [-0.05, 0) is 30.9 Å². The molecule has 1 N–H and O–H groups in total. The number of carbonyl (C=O) groups excluding carboxylic acids is 1. The number of likely N-dealkylation sites (tertiary alicyclic amines) is 1. The van der Waals surface area contributed by atoms with Crippen LogP contribution >= 0.6 is 0 Å². The highest BCUT2D eigenvalue weighted by Gasteiger charge is 2.26. The Morgan fingerprint density at radius 2 is 2.00 bits per heavy atom. The van der Waals surface area contributed by atoms with Crippen LogP contribution in [0.1, 0.15) is 25.7 Å². The number of nitrogens with zero attached hydrogens (tertiary/aromatic N) is 1. The molecule has 1 fully saturated rings. The standard InChI is InChI=1S/C16H21NO4/c18-15(9-11-21-14-4-2-1-3-5-14)17-10-8-13(12-17)6-7-16(19)20/h1-5,13H,6-12H2,(H,19,20). The van der Waals surface area contributed by atoms with Crippen molar-refractivity contribution in [1.82, 2.24) is 4.90 Å². The number of carboxylic acid groups (broad SMARTS) is 1. The predicted octanol–water partition coefficient (Wildman–Crippen LogP) is 2.17. The van der Waals surface area contributed by atoms with Gasteiger partial charge in [-0.25, -0.2) is 0 Å². The van der Waals surface area contributed by atoms with Gasteiger partial charge < -0.3 is 14.7 Å². The van der Waals surface area contributed by atoms with Gasteiger partial charge in [0.2, 0.25) is 5.91 Å². The number of benzene rings is 1. The summed E-state index contributed by atoms with van der Waals surface area (Å²) in [6, 6.07) is 9.43. The van der Waals surface area contributed by atoms with Crippen LogP contribution in [0.2, 0.25) is 0 Å². The fraction of sp³-hybridized carbons (Fsp3) is 0.500. The van der Waals surface area contributed by atoms with Crippen LogP contribution in [0.3, 0.4) is 0 Å². The molecule has 2 rings (SSSR count). The van der Waals surface area contributed by atoms with Gasteiger partial charge in [0.05, 0.1) is 13.0 Å². The Balaban J connectivity index is 1.66. The van der Waals surface area contributed by atoms with Crippen LogP contribution < -0.4 is 4.74 Å². The van der Waals surface area contributed by atoms with Gasteiger partial charge in [-0.15, -0.1) is 0 Å². The molecular formula is C16H21NO4. The van der Waals surface area contributed by atoms with Crippen molar-refractivity contribution in [3.05, 3.63) is 30.3 Å². The molecule has 5 heteroatoms. The summed E-state index contributed by atoms with van der Waals surface area (Å²) in [6.45, 7) is 1.78. The summed E-state index contributed by atoms with van der Waals surface area (Å²) >= 11 is 0. The zero-order valence-corrected chi connectivity index (χ0v) is 12.0. The summed E-state index contributed by atoms with van der Waals surface area (Å²) in [5, 5.41) is 8.68. The molecule has 1 unspecified atom stereocenters. The summed E-state index contributed by atoms with van der Waals surface area (Å²) in [4.78, 5) is 24.4. The molecule has 21 heavy (non-hydrogen) atoms. The molecule has 1 aromatic carbocycles. The number of hydrogen-bond acceptors (Lipinski definition) is 3.